The van der Waals surface area contributed by atoms with Gasteiger partial charge in [-0.15, -0.1) is 0 Å². The monoisotopic (exact) mass is 197 g/mol. The van der Waals surface area contributed by atoms with E-state index in [1.807, 2.05) is 0 Å². The molecule has 0 aromatic carbocycles. The third-order valence-electron chi connectivity index (χ3n) is 3.87. The first-order valence-corrected chi connectivity index (χ1v) is 6.10. The smallest absolute Gasteiger partial charge is 0.0622 e. The molecule has 0 aromatic rings. The molecule has 0 aromatic heterocycles. The third kappa shape index (κ3) is 2.29. The predicted molar refractivity (Wildman–Crippen MR) is 58.3 cm³/mol. The molecular weight excluding hydrogens is 174 g/mol. The molecule has 2 saturated carbocycles. The standard InChI is InChI=1S/C12H23NO/c1-3-4-14-8-12(13-2)11-6-9-5-10(9)7-11/h9-13H,3-8H2,1-2H3. The van der Waals surface area contributed by atoms with E-state index in [0.717, 1.165) is 37.4 Å². The Hall–Kier alpha value is -0.0800. The Morgan fingerprint density at radius 1 is 1.29 bits per heavy atom. The van der Waals surface area contributed by atoms with E-state index in [4.69, 9.17) is 4.74 Å². The Bertz CT molecular complexity index is 173. The molecule has 0 saturated heterocycles. The second-order valence-corrected chi connectivity index (χ2v) is 4.96. The topological polar surface area (TPSA) is 21.3 Å². The zero-order valence-electron chi connectivity index (χ0n) is 9.46. The second kappa shape index (κ2) is 4.63. The number of fused-ring (bicyclic) bond motifs is 1. The summed E-state index contributed by atoms with van der Waals surface area (Å²) in [6, 6.07) is 0.606. The molecule has 2 rings (SSSR count). The van der Waals surface area contributed by atoms with Gasteiger partial charge in [0.05, 0.1) is 6.61 Å². The maximum atomic E-state index is 5.64. The van der Waals surface area contributed by atoms with E-state index in [1.165, 1.54) is 19.3 Å². The van der Waals surface area contributed by atoms with Gasteiger partial charge in [0, 0.05) is 12.6 Å². The van der Waals surface area contributed by atoms with Crippen LogP contribution in [0.2, 0.25) is 0 Å². The van der Waals surface area contributed by atoms with Gasteiger partial charge in [-0.25, -0.2) is 0 Å². The average molecular weight is 197 g/mol. The van der Waals surface area contributed by atoms with Gasteiger partial charge >= 0.3 is 0 Å². The Kier molecular flexibility index (Phi) is 3.45. The van der Waals surface area contributed by atoms with Crippen molar-refractivity contribution in [3.05, 3.63) is 0 Å². The maximum absolute atomic E-state index is 5.64. The van der Waals surface area contributed by atoms with E-state index >= 15 is 0 Å². The predicted octanol–water partition coefficient (Wildman–Crippen LogP) is 2.05. The summed E-state index contributed by atoms with van der Waals surface area (Å²) in [6.07, 6.45) is 5.55. The van der Waals surface area contributed by atoms with Crippen LogP contribution in [0.15, 0.2) is 0 Å². The van der Waals surface area contributed by atoms with E-state index in [2.05, 4.69) is 19.3 Å². The number of rotatable bonds is 6. The van der Waals surface area contributed by atoms with E-state index < -0.39 is 0 Å². The molecule has 82 valence electrons. The van der Waals surface area contributed by atoms with Crippen LogP contribution in [0, 0.1) is 17.8 Å². The largest absolute Gasteiger partial charge is 0.380 e. The molecule has 3 atom stereocenters. The second-order valence-electron chi connectivity index (χ2n) is 4.96. The molecule has 2 aliphatic carbocycles. The number of ether oxygens (including phenoxy) is 1. The lowest BCUT2D eigenvalue weighted by molar-refractivity contribution is 0.0944. The molecule has 0 amide bonds. The van der Waals surface area contributed by atoms with Gasteiger partial charge in [0.25, 0.3) is 0 Å². The van der Waals surface area contributed by atoms with Crippen molar-refractivity contribution >= 4 is 0 Å². The Morgan fingerprint density at radius 2 is 2.00 bits per heavy atom. The Balaban J connectivity index is 1.69. The molecular formula is C12H23NO. The lowest BCUT2D eigenvalue weighted by atomic mass is 9.95. The molecule has 0 aliphatic heterocycles. The van der Waals surface area contributed by atoms with E-state index in [1.54, 1.807) is 0 Å². The van der Waals surface area contributed by atoms with Crippen molar-refractivity contribution in [3.63, 3.8) is 0 Å². The minimum absolute atomic E-state index is 0.606. The molecule has 0 radical (unpaired) electrons. The molecule has 2 fully saturated rings. The van der Waals surface area contributed by atoms with Crippen molar-refractivity contribution in [2.24, 2.45) is 17.8 Å². The molecule has 2 heteroatoms. The first kappa shape index (κ1) is 10.4. The molecule has 0 bridgehead atoms. The maximum Gasteiger partial charge on any atom is 0.0622 e. The highest BCUT2D eigenvalue weighted by molar-refractivity contribution is 4.98. The van der Waals surface area contributed by atoms with Gasteiger partial charge in [0.1, 0.15) is 0 Å². The molecule has 0 heterocycles. The normalized spacial score (nSPS) is 36.9. The highest BCUT2D eigenvalue weighted by Gasteiger charge is 2.47. The number of nitrogens with one attached hydrogen (secondary N) is 1. The average Bonchev–Trinajstić information content (AvgIpc) is 2.81. The molecule has 0 spiro atoms. The minimum atomic E-state index is 0.606. The summed E-state index contributed by atoms with van der Waals surface area (Å²) in [5.74, 6) is 3.06. The minimum Gasteiger partial charge on any atom is -0.380 e. The van der Waals surface area contributed by atoms with Gasteiger partial charge in [-0.2, -0.15) is 0 Å². The lowest BCUT2D eigenvalue weighted by Crippen LogP contribution is -2.37. The van der Waals surface area contributed by atoms with Crippen LogP contribution in [-0.2, 0) is 4.74 Å². The summed E-state index contributed by atoms with van der Waals surface area (Å²) >= 11 is 0. The zero-order chi connectivity index (χ0) is 9.97. The summed E-state index contributed by atoms with van der Waals surface area (Å²) in [5, 5.41) is 3.42. The first-order chi connectivity index (χ1) is 6.85. The van der Waals surface area contributed by atoms with Crippen LogP contribution in [0.25, 0.3) is 0 Å². The van der Waals surface area contributed by atoms with E-state index in [9.17, 15) is 0 Å². The molecule has 2 nitrogen and oxygen atoms in total. The van der Waals surface area contributed by atoms with Crippen LogP contribution in [0.1, 0.15) is 32.6 Å². The summed E-state index contributed by atoms with van der Waals surface area (Å²) < 4.78 is 5.64. The van der Waals surface area contributed by atoms with Gasteiger partial charge in [-0.3, -0.25) is 0 Å². The molecule has 3 unspecified atom stereocenters. The fourth-order valence-corrected chi connectivity index (χ4v) is 2.90. The highest BCUT2D eigenvalue weighted by atomic mass is 16.5. The highest BCUT2D eigenvalue weighted by Crippen LogP contribution is 2.55. The fraction of sp³-hybridized carbons (Fsp3) is 1.00. The van der Waals surface area contributed by atoms with Crippen molar-refractivity contribution < 1.29 is 4.74 Å². The summed E-state index contributed by atoms with van der Waals surface area (Å²) in [5.41, 5.74) is 0. The van der Waals surface area contributed by atoms with Crippen LogP contribution in [0.4, 0.5) is 0 Å². The Morgan fingerprint density at radius 3 is 2.57 bits per heavy atom. The molecule has 2 aliphatic rings. The van der Waals surface area contributed by atoms with Crippen molar-refractivity contribution in [1.82, 2.24) is 5.32 Å². The van der Waals surface area contributed by atoms with Crippen LogP contribution >= 0.6 is 0 Å². The number of hydrogen-bond acceptors (Lipinski definition) is 2. The lowest BCUT2D eigenvalue weighted by Gasteiger charge is -2.24. The quantitative estimate of drug-likeness (QED) is 0.658. The van der Waals surface area contributed by atoms with Gasteiger partial charge in [0.2, 0.25) is 0 Å². The van der Waals surface area contributed by atoms with Crippen molar-refractivity contribution in [1.29, 1.82) is 0 Å². The Labute approximate surface area is 87.4 Å². The van der Waals surface area contributed by atoms with Crippen molar-refractivity contribution in [2.45, 2.75) is 38.6 Å². The SMILES string of the molecule is CCCOCC(NC)C1CC2CC2C1. The zero-order valence-corrected chi connectivity index (χ0v) is 9.46. The van der Waals surface area contributed by atoms with E-state index in [-0.39, 0.29) is 0 Å². The van der Waals surface area contributed by atoms with E-state index in [0.29, 0.717) is 6.04 Å². The van der Waals surface area contributed by atoms with Crippen LogP contribution in [0.3, 0.4) is 0 Å². The molecule has 1 N–H and O–H groups in total. The van der Waals surface area contributed by atoms with Gasteiger partial charge in [0.15, 0.2) is 0 Å². The summed E-state index contributed by atoms with van der Waals surface area (Å²) in [7, 11) is 2.07. The summed E-state index contributed by atoms with van der Waals surface area (Å²) in [4.78, 5) is 0. The first-order valence-electron chi connectivity index (χ1n) is 6.10. The third-order valence-corrected chi connectivity index (χ3v) is 3.87. The van der Waals surface area contributed by atoms with Crippen LogP contribution in [-0.4, -0.2) is 26.3 Å². The van der Waals surface area contributed by atoms with Gasteiger partial charge in [-0.1, -0.05) is 6.92 Å². The number of likely N-dealkylation sites (N-methyl/N-ethyl adjacent to an activating group) is 1. The molecule has 14 heavy (non-hydrogen) atoms. The van der Waals surface area contributed by atoms with Gasteiger partial charge in [-0.05, 0) is 50.5 Å². The van der Waals surface area contributed by atoms with Crippen LogP contribution < -0.4 is 5.32 Å². The fourth-order valence-electron chi connectivity index (χ4n) is 2.90. The van der Waals surface area contributed by atoms with Crippen molar-refractivity contribution in [2.75, 3.05) is 20.3 Å². The number of hydrogen-bond donors (Lipinski definition) is 1. The van der Waals surface area contributed by atoms with Crippen LogP contribution in [0.5, 0.6) is 0 Å². The van der Waals surface area contributed by atoms with Gasteiger partial charge < -0.3 is 10.1 Å². The van der Waals surface area contributed by atoms with Crippen molar-refractivity contribution in [3.8, 4) is 0 Å². The summed E-state index contributed by atoms with van der Waals surface area (Å²) in [6.45, 7) is 3.99.